The van der Waals surface area contributed by atoms with Crippen LogP contribution in [0, 0.1) is 11.8 Å². The second-order valence-electron chi connectivity index (χ2n) is 8.21. The van der Waals surface area contributed by atoms with E-state index in [2.05, 4.69) is 10.6 Å². The van der Waals surface area contributed by atoms with Crippen molar-refractivity contribution in [3.05, 3.63) is 24.3 Å². The van der Waals surface area contributed by atoms with Gasteiger partial charge in [-0.15, -0.1) is 0 Å². The molecule has 2 saturated heterocycles. The molecule has 2 aliphatic rings. The van der Waals surface area contributed by atoms with Crippen molar-refractivity contribution in [2.24, 2.45) is 11.8 Å². The molecule has 2 heterocycles. The van der Waals surface area contributed by atoms with Crippen LogP contribution in [0.3, 0.4) is 0 Å². The predicted octanol–water partition coefficient (Wildman–Crippen LogP) is 1.48. The minimum Gasteiger partial charge on any atom is -0.497 e. The van der Waals surface area contributed by atoms with E-state index in [1.54, 1.807) is 36.3 Å². The molecule has 3 amide bonds. The molecule has 2 fully saturated rings. The number of carbonyl (C=O) groups excluding carboxylic acids is 3. The van der Waals surface area contributed by atoms with E-state index in [1.165, 1.54) is 0 Å². The predicted molar refractivity (Wildman–Crippen MR) is 112 cm³/mol. The maximum absolute atomic E-state index is 12.8. The van der Waals surface area contributed by atoms with Crippen LogP contribution >= 0.6 is 0 Å². The van der Waals surface area contributed by atoms with Crippen LogP contribution in [0.25, 0.3) is 0 Å². The average molecular weight is 418 g/mol. The molecule has 0 spiro atoms. The monoisotopic (exact) mass is 417 g/mol. The first kappa shape index (κ1) is 22.1. The summed E-state index contributed by atoms with van der Waals surface area (Å²) in [6.07, 6.45) is 2.11. The largest absolute Gasteiger partial charge is 0.497 e. The zero-order valence-corrected chi connectivity index (χ0v) is 17.8. The van der Waals surface area contributed by atoms with Crippen molar-refractivity contribution in [2.75, 3.05) is 31.7 Å². The molecule has 2 aliphatic heterocycles. The summed E-state index contributed by atoms with van der Waals surface area (Å²) in [5.41, 5.74) is 0.728. The summed E-state index contributed by atoms with van der Waals surface area (Å²) in [5.74, 6) is -0.465. The lowest BCUT2D eigenvalue weighted by atomic mass is 10.0. The summed E-state index contributed by atoms with van der Waals surface area (Å²) < 4.78 is 10.7. The molecule has 8 heteroatoms. The van der Waals surface area contributed by atoms with Gasteiger partial charge in [0.15, 0.2) is 0 Å². The van der Waals surface area contributed by atoms with Crippen LogP contribution in [0.2, 0.25) is 0 Å². The number of benzene rings is 1. The highest BCUT2D eigenvalue weighted by Crippen LogP contribution is 2.27. The lowest BCUT2D eigenvalue weighted by Crippen LogP contribution is -2.52. The van der Waals surface area contributed by atoms with Crippen LogP contribution in [0.5, 0.6) is 5.75 Å². The summed E-state index contributed by atoms with van der Waals surface area (Å²) >= 11 is 0. The van der Waals surface area contributed by atoms with Crippen LogP contribution in [-0.2, 0) is 19.1 Å². The van der Waals surface area contributed by atoms with Crippen LogP contribution < -0.4 is 20.3 Å². The van der Waals surface area contributed by atoms with Gasteiger partial charge in [-0.2, -0.15) is 0 Å². The van der Waals surface area contributed by atoms with Gasteiger partial charge in [0.1, 0.15) is 11.8 Å². The molecule has 0 bridgehead atoms. The van der Waals surface area contributed by atoms with E-state index < -0.39 is 12.0 Å². The normalized spacial score (nSPS) is 22.3. The SMILES string of the molecule is COc1ccc(N2C[C@@H](C(=O)N[C@H](C(=O)NC[C@H]3CCCO3)C(C)C)CC2=O)cc1. The molecule has 3 atom stereocenters. The molecule has 8 nitrogen and oxygen atoms in total. The fourth-order valence-electron chi connectivity index (χ4n) is 3.83. The van der Waals surface area contributed by atoms with Crippen molar-refractivity contribution < 1.29 is 23.9 Å². The molecule has 3 rings (SSSR count). The molecule has 2 N–H and O–H groups in total. The highest BCUT2D eigenvalue weighted by molar-refractivity contribution is 6.01. The Labute approximate surface area is 177 Å². The molecular formula is C22H31N3O5. The second kappa shape index (κ2) is 9.93. The number of carbonyl (C=O) groups is 3. The first-order valence-electron chi connectivity index (χ1n) is 10.5. The number of anilines is 1. The maximum atomic E-state index is 12.8. The molecule has 0 radical (unpaired) electrons. The van der Waals surface area contributed by atoms with E-state index in [-0.39, 0.29) is 36.2 Å². The number of amides is 3. The molecule has 0 saturated carbocycles. The van der Waals surface area contributed by atoms with Crippen molar-refractivity contribution in [2.45, 2.75) is 45.3 Å². The van der Waals surface area contributed by atoms with Gasteiger partial charge < -0.3 is 25.0 Å². The van der Waals surface area contributed by atoms with Gasteiger partial charge in [0.25, 0.3) is 0 Å². The Morgan fingerprint density at radius 1 is 1.27 bits per heavy atom. The number of nitrogens with zero attached hydrogens (tertiary/aromatic N) is 1. The van der Waals surface area contributed by atoms with E-state index >= 15 is 0 Å². The molecule has 0 unspecified atom stereocenters. The molecule has 30 heavy (non-hydrogen) atoms. The molecule has 1 aromatic carbocycles. The van der Waals surface area contributed by atoms with Gasteiger partial charge in [-0.25, -0.2) is 0 Å². The Bertz CT molecular complexity index is 759. The van der Waals surface area contributed by atoms with Crippen LogP contribution in [0.4, 0.5) is 5.69 Å². The molecule has 164 valence electrons. The summed E-state index contributed by atoms with van der Waals surface area (Å²) in [5, 5.41) is 5.74. The third-order valence-electron chi connectivity index (χ3n) is 5.65. The summed E-state index contributed by atoms with van der Waals surface area (Å²) in [6.45, 7) is 5.25. The standard InChI is InChI=1S/C22H31N3O5/c1-14(2)20(22(28)23-12-18-5-4-10-30-18)24-21(27)15-11-19(26)25(13-15)16-6-8-17(29-3)9-7-16/h6-9,14-15,18,20H,4-5,10-13H2,1-3H3,(H,23,28)(H,24,27)/t15-,18+,20-/m0/s1. The summed E-state index contributed by atoms with van der Waals surface area (Å²) in [7, 11) is 1.58. The quantitative estimate of drug-likeness (QED) is 0.668. The molecule has 0 aliphatic carbocycles. The van der Waals surface area contributed by atoms with Gasteiger partial charge in [0.05, 0.1) is 19.1 Å². The van der Waals surface area contributed by atoms with Gasteiger partial charge in [-0.3, -0.25) is 14.4 Å². The van der Waals surface area contributed by atoms with Gasteiger partial charge in [0, 0.05) is 31.8 Å². The van der Waals surface area contributed by atoms with E-state index in [0.29, 0.717) is 18.8 Å². The van der Waals surface area contributed by atoms with Gasteiger partial charge in [0.2, 0.25) is 17.7 Å². The van der Waals surface area contributed by atoms with Crippen molar-refractivity contribution in [3.8, 4) is 5.75 Å². The number of hydrogen-bond acceptors (Lipinski definition) is 5. The summed E-state index contributed by atoms with van der Waals surface area (Å²) in [4.78, 5) is 39.5. The Kier molecular flexibility index (Phi) is 7.31. The van der Waals surface area contributed by atoms with Crippen molar-refractivity contribution >= 4 is 23.4 Å². The highest BCUT2D eigenvalue weighted by atomic mass is 16.5. The van der Waals surface area contributed by atoms with Crippen molar-refractivity contribution in [3.63, 3.8) is 0 Å². The summed E-state index contributed by atoms with van der Waals surface area (Å²) in [6, 6.07) is 6.51. The van der Waals surface area contributed by atoms with Gasteiger partial charge in [-0.1, -0.05) is 13.8 Å². The zero-order valence-electron chi connectivity index (χ0n) is 17.8. The van der Waals surface area contributed by atoms with Gasteiger partial charge in [-0.05, 0) is 43.0 Å². The third-order valence-corrected chi connectivity index (χ3v) is 5.65. The van der Waals surface area contributed by atoms with Crippen LogP contribution in [0.1, 0.15) is 33.1 Å². The van der Waals surface area contributed by atoms with Gasteiger partial charge >= 0.3 is 0 Å². The minimum absolute atomic E-state index is 0.0444. The Hall–Kier alpha value is -2.61. The fraction of sp³-hybridized carbons (Fsp3) is 0.591. The number of hydrogen-bond donors (Lipinski definition) is 2. The molecule has 1 aromatic rings. The third kappa shape index (κ3) is 5.30. The minimum atomic E-state index is -0.649. The van der Waals surface area contributed by atoms with E-state index in [1.807, 2.05) is 13.8 Å². The fourth-order valence-corrected chi connectivity index (χ4v) is 3.83. The average Bonchev–Trinajstić information content (AvgIpc) is 3.39. The Morgan fingerprint density at radius 3 is 2.60 bits per heavy atom. The lowest BCUT2D eigenvalue weighted by Gasteiger charge is -2.24. The second-order valence-corrected chi connectivity index (χ2v) is 8.21. The zero-order chi connectivity index (χ0) is 21.7. The smallest absolute Gasteiger partial charge is 0.242 e. The van der Waals surface area contributed by atoms with E-state index in [0.717, 1.165) is 25.1 Å². The maximum Gasteiger partial charge on any atom is 0.242 e. The number of rotatable bonds is 8. The number of nitrogens with one attached hydrogen (secondary N) is 2. The van der Waals surface area contributed by atoms with Crippen LogP contribution in [-0.4, -0.2) is 56.7 Å². The van der Waals surface area contributed by atoms with E-state index in [9.17, 15) is 14.4 Å². The molecule has 0 aromatic heterocycles. The highest BCUT2D eigenvalue weighted by Gasteiger charge is 2.37. The first-order chi connectivity index (χ1) is 14.4. The topological polar surface area (TPSA) is 97.0 Å². The van der Waals surface area contributed by atoms with Crippen molar-refractivity contribution in [1.82, 2.24) is 10.6 Å². The lowest BCUT2D eigenvalue weighted by molar-refractivity contribution is -0.132. The van der Waals surface area contributed by atoms with Crippen LogP contribution in [0.15, 0.2) is 24.3 Å². The molecular weight excluding hydrogens is 386 g/mol. The van der Waals surface area contributed by atoms with Crippen molar-refractivity contribution in [1.29, 1.82) is 0 Å². The first-order valence-corrected chi connectivity index (χ1v) is 10.5. The Morgan fingerprint density at radius 2 is 2.00 bits per heavy atom. The number of ether oxygens (including phenoxy) is 2. The van der Waals surface area contributed by atoms with E-state index in [4.69, 9.17) is 9.47 Å². The number of methoxy groups -OCH3 is 1. The Balaban J connectivity index is 1.57.